The standard InChI is InChI=1S/C16H27N7O4/c17-13(25)11-4-2-8-23(11)15(27)10(3-1-7-20-16(18)19)22-14(26)9-5-6-12(24)21-9/h9-11H,1-8H2,(H2,17,25)(H,21,24)(H,22,26)(H4,18,19,20)/t9-,10-,11-/m0/s1. The lowest BCUT2D eigenvalue weighted by molar-refractivity contribution is -0.141. The third-order valence-electron chi connectivity index (χ3n) is 4.74. The molecule has 0 saturated carbocycles. The van der Waals surface area contributed by atoms with Crippen LogP contribution in [0.3, 0.4) is 0 Å². The molecule has 2 saturated heterocycles. The maximum Gasteiger partial charge on any atom is 0.245 e. The van der Waals surface area contributed by atoms with E-state index in [1.807, 2.05) is 0 Å². The van der Waals surface area contributed by atoms with Crippen molar-refractivity contribution in [1.82, 2.24) is 15.5 Å². The predicted octanol–water partition coefficient (Wildman–Crippen LogP) is -2.72. The number of aliphatic imine (C=N–C) groups is 1. The van der Waals surface area contributed by atoms with Crippen molar-refractivity contribution < 1.29 is 19.2 Å². The first-order valence-electron chi connectivity index (χ1n) is 9.04. The number of nitrogens with zero attached hydrogens (tertiary/aromatic N) is 2. The van der Waals surface area contributed by atoms with E-state index in [-0.39, 0.29) is 24.2 Å². The van der Waals surface area contributed by atoms with Gasteiger partial charge in [0.1, 0.15) is 18.1 Å². The topological polar surface area (TPSA) is 186 Å². The second-order valence-corrected chi connectivity index (χ2v) is 6.76. The highest BCUT2D eigenvalue weighted by Gasteiger charge is 2.37. The fraction of sp³-hybridized carbons (Fsp3) is 0.688. The fourth-order valence-corrected chi connectivity index (χ4v) is 3.37. The number of likely N-dealkylation sites (tertiary alicyclic amines) is 1. The first-order valence-corrected chi connectivity index (χ1v) is 9.04. The highest BCUT2D eigenvalue weighted by Crippen LogP contribution is 2.19. The summed E-state index contributed by atoms with van der Waals surface area (Å²) in [5.74, 6) is -1.59. The van der Waals surface area contributed by atoms with E-state index < -0.39 is 29.9 Å². The molecule has 150 valence electrons. The van der Waals surface area contributed by atoms with Crippen molar-refractivity contribution in [2.75, 3.05) is 13.1 Å². The molecule has 0 aromatic rings. The zero-order chi connectivity index (χ0) is 20.0. The van der Waals surface area contributed by atoms with Gasteiger partial charge in [-0.3, -0.25) is 24.2 Å². The quantitative estimate of drug-likeness (QED) is 0.173. The molecular formula is C16H27N7O4. The molecule has 0 aliphatic carbocycles. The maximum absolute atomic E-state index is 12.9. The summed E-state index contributed by atoms with van der Waals surface area (Å²) in [6.07, 6.45) is 2.59. The molecule has 11 heteroatoms. The number of rotatable bonds is 8. The van der Waals surface area contributed by atoms with Gasteiger partial charge >= 0.3 is 0 Å². The van der Waals surface area contributed by atoms with Gasteiger partial charge in [0.2, 0.25) is 23.6 Å². The minimum atomic E-state index is -0.843. The van der Waals surface area contributed by atoms with Crippen molar-refractivity contribution in [1.29, 1.82) is 0 Å². The van der Waals surface area contributed by atoms with Gasteiger partial charge in [0, 0.05) is 19.5 Å². The van der Waals surface area contributed by atoms with Crippen molar-refractivity contribution in [3.63, 3.8) is 0 Å². The van der Waals surface area contributed by atoms with Crippen LogP contribution in [0, 0.1) is 0 Å². The molecule has 0 bridgehead atoms. The third-order valence-corrected chi connectivity index (χ3v) is 4.74. The van der Waals surface area contributed by atoms with Crippen LogP contribution >= 0.6 is 0 Å². The molecule has 2 aliphatic heterocycles. The SMILES string of the molecule is NC(=O)[C@@H]1CCCN1C(=O)[C@H](CCCN=C(N)N)NC(=O)[C@@H]1CCC(=O)N1. The van der Waals surface area contributed by atoms with Gasteiger partial charge in [-0.2, -0.15) is 0 Å². The first kappa shape index (κ1) is 20.5. The summed E-state index contributed by atoms with van der Waals surface area (Å²) in [6.45, 7) is 0.717. The minimum absolute atomic E-state index is 0.0519. The van der Waals surface area contributed by atoms with E-state index in [2.05, 4.69) is 15.6 Å². The van der Waals surface area contributed by atoms with Gasteiger partial charge in [0.15, 0.2) is 5.96 Å². The Labute approximate surface area is 157 Å². The highest BCUT2D eigenvalue weighted by atomic mass is 16.2. The molecule has 8 N–H and O–H groups in total. The summed E-state index contributed by atoms with van der Waals surface area (Å²) >= 11 is 0. The molecule has 0 radical (unpaired) electrons. The summed E-state index contributed by atoms with van der Waals surface area (Å²) < 4.78 is 0. The molecule has 27 heavy (non-hydrogen) atoms. The van der Waals surface area contributed by atoms with Crippen molar-refractivity contribution in [2.24, 2.45) is 22.2 Å². The number of hydrogen-bond acceptors (Lipinski definition) is 5. The molecule has 0 spiro atoms. The zero-order valence-electron chi connectivity index (χ0n) is 15.1. The number of nitrogens with one attached hydrogen (secondary N) is 2. The largest absolute Gasteiger partial charge is 0.370 e. The van der Waals surface area contributed by atoms with Crippen LogP contribution in [0.25, 0.3) is 0 Å². The van der Waals surface area contributed by atoms with E-state index in [1.54, 1.807) is 0 Å². The van der Waals surface area contributed by atoms with E-state index in [1.165, 1.54) is 4.90 Å². The second kappa shape index (κ2) is 9.19. The van der Waals surface area contributed by atoms with Crippen molar-refractivity contribution in [3.8, 4) is 0 Å². The fourth-order valence-electron chi connectivity index (χ4n) is 3.37. The number of amides is 4. The Hall–Kier alpha value is -2.85. The van der Waals surface area contributed by atoms with Crippen LogP contribution in [0.1, 0.15) is 38.5 Å². The Morgan fingerprint density at radius 2 is 2.00 bits per heavy atom. The third kappa shape index (κ3) is 5.56. The van der Waals surface area contributed by atoms with Crippen LogP contribution in [0.4, 0.5) is 0 Å². The summed E-state index contributed by atoms with van der Waals surface area (Å²) in [6, 6.07) is -2.17. The minimum Gasteiger partial charge on any atom is -0.370 e. The number of hydrogen-bond donors (Lipinski definition) is 5. The van der Waals surface area contributed by atoms with E-state index >= 15 is 0 Å². The van der Waals surface area contributed by atoms with Crippen LogP contribution in [-0.2, 0) is 19.2 Å². The van der Waals surface area contributed by atoms with Gasteiger partial charge in [-0.05, 0) is 32.1 Å². The summed E-state index contributed by atoms with van der Waals surface area (Å²) in [4.78, 5) is 53.6. The predicted molar refractivity (Wildman–Crippen MR) is 96.9 cm³/mol. The van der Waals surface area contributed by atoms with Crippen molar-refractivity contribution >= 4 is 29.6 Å². The summed E-state index contributed by atoms with van der Waals surface area (Å²) in [7, 11) is 0. The van der Waals surface area contributed by atoms with E-state index in [4.69, 9.17) is 17.2 Å². The normalized spacial score (nSPS) is 22.8. The molecule has 0 unspecified atom stereocenters. The first-order chi connectivity index (χ1) is 12.8. The smallest absolute Gasteiger partial charge is 0.245 e. The van der Waals surface area contributed by atoms with Crippen molar-refractivity contribution in [3.05, 3.63) is 0 Å². The van der Waals surface area contributed by atoms with E-state index in [0.29, 0.717) is 45.2 Å². The van der Waals surface area contributed by atoms with Crippen LogP contribution in [0.2, 0.25) is 0 Å². The molecule has 11 nitrogen and oxygen atoms in total. The average Bonchev–Trinajstić information content (AvgIpc) is 3.25. The van der Waals surface area contributed by atoms with Gasteiger partial charge < -0.3 is 32.7 Å². The number of guanidine groups is 1. The molecule has 4 amide bonds. The van der Waals surface area contributed by atoms with Crippen molar-refractivity contribution in [2.45, 2.75) is 56.7 Å². The Bertz CT molecular complexity index is 632. The van der Waals surface area contributed by atoms with E-state index in [9.17, 15) is 19.2 Å². The van der Waals surface area contributed by atoms with Gasteiger partial charge in [0.05, 0.1) is 0 Å². The summed E-state index contributed by atoms with van der Waals surface area (Å²) in [5, 5.41) is 5.27. The Morgan fingerprint density at radius 1 is 1.26 bits per heavy atom. The zero-order valence-corrected chi connectivity index (χ0v) is 15.1. The molecule has 2 fully saturated rings. The van der Waals surface area contributed by atoms with Gasteiger partial charge in [-0.25, -0.2) is 0 Å². The molecule has 2 aliphatic rings. The molecule has 2 rings (SSSR count). The lowest BCUT2D eigenvalue weighted by Gasteiger charge is -2.28. The highest BCUT2D eigenvalue weighted by molar-refractivity contribution is 5.95. The molecule has 0 aromatic heterocycles. The Morgan fingerprint density at radius 3 is 2.59 bits per heavy atom. The lowest BCUT2D eigenvalue weighted by atomic mass is 10.1. The molecule has 2 heterocycles. The Balaban J connectivity index is 2.04. The molecule has 3 atom stereocenters. The number of nitrogens with two attached hydrogens (primary N) is 3. The van der Waals surface area contributed by atoms with Crippen LogP contribution in [0.15, 0.2) is 4.99 Å². The molecule has 0 aromatic carbocycles. The summed E-state index contributed by atoms with van der Waals surface area (Å²) in [5.41, 5.74) is 16.0. The maximum atomic E-state index is 12.9. The van der Waals surface area contributed by atoms with Gasteiger partial charge in [-0.15, -0.1) is 0 Å². The lowest BCUT2D eigenvalue weighted by Crippen LogP contribution is -2.55. The number of carbonyl (C=O) groups excluding carboxylic acids is 4. The van der Waals surface area contributed by atoms with Crippen LogP contribution < -0.4 is 27.8 Å². The van der Waals surface area contributed by atoms with E-state index in [0.717, 1.165) is 0 Å². The number of primary amides is 1. The average molecular weight is 381 g/mol. The van der Waals surface area contributed by atoms with Gasteiger partial charge in [0.25, 0.3) is 0 Å². The molecular weight excluding hydrogens is 354 g/mol. The Kier molecular flexibility index (Phi) is 6.97. The second-order valence-electron chi connectivity index (χ2n) is 6.76. The van der Waals surface area contributed by atoms with Crippen LogP contribution in [0.5, 0.6) is 0 Å². The number of carbonyl (C=O) groups is 4. The van der Waals surface area contributed by atoms with Crippen LogP contribution in [-0.4, -0.2) is 65.7 Å². The monoisotopic (exact) mass is 381 g/mol. The van der Waals surface area contributed by atoms with Gasteiger partial charge in [-0.1, -0.05) is 0 Å².